The fraction of sp³-hybridized carbons (Fsp3) is 0.368. The highest BCUT2D eigenvalue weighted by Crippen LogP contribution is 2.39. The van der Waals surface area contributed by atoms with Gasteiger partial charge in [0.1, 0.15) is 18.0 Å². The molecule has 1 saturated carbocycles. The van der Waals surface area contributed by atoms with Gasteiger partial charge in [0.05, 0.1) is 17.3 Å². The molecule has 0 atom stereocenters. The molecule has 1 aliphatic carbocycles. The van der Waals surface area contributed by atoms with Crippen molar-refractivity contribution in [2.24, 2.45) is 0 Å². The predicted octanol–water partition coefficient (Wildman–Crippen LogP) is 2.76. The van der Waals surface area contributed by atoms with E-state index in [1.807, 2.05) is 7.05 Å². The minimum atomic E-state index is -0.284. The van der Waals surface area contributed by atoms with E-state index in [1.54, 1.807) is 6.07 Å². The topological polar surface area (TPSA) is 58.0 Å². The number of anilines is 2. The standard InChI is InChI=1S/C19H19FN6/c1-25(19-15-5-4-13(20)8-17(15)21-11-22-19)14-9-26(10-14)18-7-6-16(23-24-18)12-2-3-12/h4-8,11-12,14H,2-3,9-10H2,1H3. The van der Waals surface area contributed by atoms with Gasteiger partial charge in [-0.2, -0.15) is 5.10 Å². The third-order valence-corrected chi connectivity index (χ3v) is 5.31. The van der Waals surface area contributed by atoms with Crippen molar-refractivity contribution in [1.29, 1.82) is 0 Å². The highest BCUT2D eigenvalue weighted by molar-refractivity contribution is 5.89. The van der Waals surface area contributed by atoms with Gasteiger partial charge in [-0.15, -0.1) is 5.10 Å². The van der Waals surface area contributed by atoms with Crippen LogP contribution in [0.2, 0.25) is 0 Å². The Kier molecular flexibility index (Phi) is 3.48. The van der Waals surface area contributed by atoms with Gasteiger partial charge in [0.15, 0.2) is 5.82 Å². The Morgan fingerprint density at radius 1 is 1.08 bits per heavy atom. The second kappa shape index (κ2) is 5.86. The van der Waals surface area contributed by atoms with E-state index in [-0.39, 0.29) is 5.82 Å². The number of rotatable bonds is 4. The van der Waals surface area contributed by atoms with Crippen LogP contribution >= 0.6 is 0 Å². The molecule has 2 aliphatic rings. The van der Waals surface area contributed by atoms with Crippen molar-refractivity contribution in [1.82, 2.24) is 20.2 Å². The van der Waals surface area contributed by atoms with Gasteiger partial charge >= 0.3 is 0 Å². The zero-order valence-corrected chi connectivity index (χ0v) is 14.5. The quantitative estimate of drug-likeness (QED) is 0.721. The lowest BCUT2D eigenvalue weighted by Crippen LogP contribution is -2.59. The zero-order chi connectivity index (χ0) is 17.7. The molecule has 2 aromatic heterocycles. The van der Waals surface area contributed by atoms with Crippen molar-refractivity contribution in [2.45, 2.75) is 24.8 Å². The molecule has 1 saturated heterocycles. The van der Waals surface area contributed by atoms with E-state index < -0.39 is 0 Å². The van der Waals surface area contributed by atoms with Crippen LogP contribution in [-0.4, -0.2) is 46.3 Å². The van der Waals surface area contributed by atoms with Crippen molar-refractivity contribution in [3.63, 3.8) is 0 Å². The van der Waals surface area contributed by atoms with E-state index in [0.29, 0.717) is 17.5 Å². The molecule has 0 radical (unpaired) electrons. The van der Waals surface area contributed by atoms with Gasteiger partial charge in [-0.1, -0.05) is 0 Å². The molecule has 26 heavy (non-hydrogen) atoms. The van der Waals surface area contributed by atoms with Gasteiger partial charge in [-0.3, -0.25) is 0 Å². The average Bonchev–Trinajstić information content (AvgIpc) is 3.45. The van der Waals surface area contributed by atoms with Gasteiger partial charge in [-0.25, -0.2) is 14.4 Å². The first kappa shape index (κ1) is 15.4. The van der Waals surface area contributed by atoms with Crippen molar-refractivity contribution in [3.8, 4) is 0 Å². The SMILES string of the molecule is CN(c1ncnc2cc(F)ccc12)C1CN(c2ccc(C3CC3)nn2)C1. The molecule has 3 aromatic rings. The first-order chi connectivity index (χ1) is 12.7. The van der Waals surface area contributed by atoms with Crippen LogP contribution in [0.15, 0.2) is 36.7 Å². The Bertz CT molecular complexity index is 950. The van der Waals surface area contributed by atoms with E-state index in [9.17, 15) is 4.39 Å². The summed E-state index contributed by atoms with van der Waals surface area (Å²) in [5, 5.41) is 9.60. The molecule has 6 nitrogen and oxygen atoms in total. The van der Waals surface area contributed by atoms with E-state index in [4.69, 9.17) is 0 Å². The molecule has 0 amide bonds. The number of aromatic nitrogens is 4. The molecule has 0 N–H and O–H groups in total. The number of hydrogen-bond acceptors (Lipinski definition) is 6. The van der Waals surface area contributed by atoms with Crippen molar-refractivity contribution in [2.75, 3.05) is 29.9 Å². The molecule has 132 valence electrons. The summed E-state index contributed by atoms with van der Waals surface area (Å²) >= 11 is 0. The lowest BCUT2D eigenvalue weighted by atomic mass is 10.1. The summed E-state index contributed by atoms with van der Waals surface area (Å²) in [6.45, 7) is 1.72. The average molecular weight is 350 g/mol. The van der Waals surface area contributed by atoms with Gasteiger partial charge in [0, 0.05) is 37.5 Å². The van der Waals surface area contributed by atoms with Crippen LogP contribution in [-0.2, 0) is 0 Å². The van der Waals surface area contributed by atoms with Crippen molar-refractivity contribution in [3.05, 3.63) is 48.2 Å². The molecule has 0 spiro atoms. The second-order valence-electron chi connectivity index (χ2n) is 7.12. The molecule has 1 aliphatic heterocycles. The smallest absolute Gasteiger partial charge is 0.151 e. The summed E-state index contributed by atoms with van der Waals surface area (Å²) in [5.74, 6) is 2.10. The molecular weight excluding hydrogens is 331 g/mol. The Hall–Kier alpha value is -2.83. The summed E-state index contributed by atoms with van der Waals surface area (Å²) in [5.41, 5.74) is 1.74. The van der Waals surface area contributed by atoms with Crippen LogP contribution in [0.1, 0.15) is 24.5 Å². The van der Waals surface area contributed by atoms with Gasteiger partial charge < -0.3 is 9.80 Å². The number of likely N-dealkylation sites (N-methyl/N-ethyl adjacent to an activating group) is 1. The van der Waals surface area contributed by atoms with Crippen LogP contribution in [0, 0.1) is 5.82 Å². The van der Waals surface area contributed by atoms with E-state index in [1.165, 1.54) is 31.3 Å². The number of fused-ring (bicyclic) bond motifs is 1. The first-order valence-electron chi connectivity index (χ1n) is 8.91. The highest BCUT2D eigenvalue weighted by Gasteiger charge is 2.33. The zero-order valence-electron chi connectivity index (χ0n) is 14.5. The van der Waals surface area contributed by atoms with Crippen LogP contribution in [0.4, 0.5) is 16.0 Å². The maximum absolute atomic E-state index is 13.4. The van der Waals surface area contributed by atoms with E-state index >= 15 is 0 Å². The summed E-state index contributed by atoms with van der Waals surface area (Å²) < 4.78 is 13.4. The number of hydrogen-bond donors (Lipinski definition) is 0. The third-order valence-electron chi connectivity index (χ3n) is 5.31. The molecule has 2 fully saturated rings. The molecule has 7 heteroatoms. The minimum absolute atomic E-state index is 0.284. The number of halogens is 1. The van der Waals surface area contributed by atoms with Gasteiger partial charge in [-0.05, 0) is 37.1 Å². The van der Waals surface area contributed by atoms with Crippen molar-refractivity contribution < 1.29 is 4.39 Å². The van der Waals surface area contributed by atoms with Gasteiger partial charge in [0.2, 0.25) is 0 Å². The molecular formula is C19H19FN6. The summed E-state index contributed by atoms with van der Waals surface area (Å²) in [4.78, 5) is 13.0. The fourth-order valence-electron chi connectivity index (χ4n) is 3.46. The molecule has 3 heterocycles. The lowest BCUT2D eigenvalue weighted by Gasteiger charge is -2.45. The normalized spacial score (nSPS) is 17.4. The largest absolute Gasteiger partial charge is 0.353 e. The minimum Gasteiger partial charge on any atom is -0.353 e. The predicted molar refractivity (Wildman–Crippen MR) is 97.9 cm³/mol. The fourth-order valence-corrected chi connectivity index (χ4v) is 3.46. The van der Waals surface area contributed by atoms with Crippen LogP contribution in [0.3, 0.4) is 0 Å². The lowest BCUT2D eigenvalue weighted by molar-refractivity contribution is 0.488. The Morgan fingerprint density at radius 3 is 2.65 bits per heavy atom. The highest BCUT2D eigenvalue weighted by atomic mass is 19.1. The molecule has 5 rings (SSSR count). The molecule has 0 bridgehead atoms. The molecule has 0 unspecified atom stereocenters. The summed E-state index contributed by atoms with van der Waals surface area (Å²) in [6.07, 6.45) is 3.97. The second-order valence-corrected chi connectivity index (χ2v) is 7.12. The Balaban J connectivity index is 1.31. The van der Waals surface area contributed by atoms with E-state index in [2.05, 4.69) is 42.1 Å². The molecule has 1 aromatic carbocycles. The maximum atomic E-state index is 13.4. The van der Waals surface area contributed by atoms with Gasteiger partial charge in [0.25, 0.3) is 0 Å². The summed E-state index contributed by atoms with van der Waals surface area (Å²) in [7, 11) is 2.02. The first-order valence-corrected chi connectivity index (χ1v) is 8.91. The van der Waals surface area contributed by atoms with Crippen LogP contribution in [0.25, 0.3) is 10.9 Å². The number of benzene rings is 1. The Labute approximate surface area is 150 Å². The third kappa shape index (κ3) is 2.64. The Morgan fingerprint density at radius 2 is 1.92 bits per heavy atom. The van der Waals surface area contributed by atoms with E-state index in [0.717, 1.165) is 35.8 Å². The maximum Gasteiger partial charge on any atom is 0.151 e. The van der Waals surface area contributed by atoms with Crippen LogP contribution in [0.5, 0.6) is 0 Å². The summed E-state index contributed by atoms with van der Waals surface area (Å²) in [6, 6.07) is 9.13. The monoisotopic (exact) mass is 350 g/mol. The number of nitrogens with zero attached hydrogens (tertiary/aromatic N) is 6. The van der Waals surface area contributed by atoms with Crippen LogP contribution < -0.4 is 9.80 Å². The van der Waals surface area contributed by atoms with Crippen molar-refractivity contribution >= 4 is 22.5 Å².